The number of hydrogen-bond acceptors (Lipinski definition) is 2. The summed E-state index contributed by atoms with van der Waals surface area (Å²) in [5.41, 5.74) is 2.63. The second-order valence-corrected chi connectivity index (χ2v) is 6.21. The van der Waals surface area contributed by atoms with Crippen LogP contribution in [-0.2, 0) is 11.2 Å². The first-order valence-corrected chi connectivity index (χ1v) is 8.71. The second-order valence-electron chi connectivity index (χ2n) is 6.21. The van der Waals surface area contributed by atoms with Gasteiger partial charge in [0, 0.05) is 37.8 Å². The first-order valence-electron chi connectivity index (χ1n) is 8.71. The largest absolute Gasteiger partial charge is 0.356 e. The van der Waals surface area contributed by atoms with E-state index in [0.717, 1.165) is 44.7 Å². The van der Waals surface area contributed by atoms with Crippen molar-refractivity contribution in [2.75, 3.05) is 24.5 Å². The summed E-state index contributed by atoms with van der Waals surface area (Å²) in [5.74, 6) is 1.10. The van der Waals surface area contributed by atoms with E-state index in [1.54, 1.807) is 0 Å². The van der Waals surface area contributed by atoms with Crippen LogP contribution in [0.2, 0.25) is 0 Å². The Morgan fingerprint density at radius 2 is 2.12 bits per heavy atom. The topological polar surface area (TPSA) is 56.7 Å². The van der Waals surface area contributed by atoms with Gasteiger partial charge in [0.05, 0.1) is 0 Å². The number of hydrogen-bond donors (Lipinski definition) is 2. The minimum atomic E-state index is 0. The van der Waals surface area contributed by atoms with Gasteiger partial charge in [-0.3, -0.25) is 9.79 Å². The Balaban J connectivity index is 0.00000208. The van der Waals surface area contributed by atoms with Crippen LogP contribution in [0.3, 0.4) is 0 Å². The number of carbonyl (C=O) groups is 1. The van der Waals surface area contributed by atoms with Crippen LogP contribution in [0.1, 0.15) is 38.2 Å². The number of rotatable bonds is 6. The zero-order valence-corrected chi connectivity index (χ0v) is 16.6. The van der Waals surface area contributed by atoms with Crippen molar-refractivity contribution in [1.29, 1.82) is 0 Å². The molecule has 0 aromatic heterocycles. The summed E-state index contributed by atoms with van der Waals surface area (Å²) in [7, 11) is 0. The lowest BCUT2D eigenvalue weighted by molar-refractivity contribution is -0.121. The molecule has 1 aromatic rings. The molecule has 1 saturated carbocycles. The van der Waals surface area contributed by atoms with Crippen molar-refractivity contribution >= 4 is 41.5 Å². The fourth-order valence-corrected chi connectivity index (χ4v) is 2.91. The van der Waals surface area contributed by atoms with Crippen LogP contribution in [0.15, 0.2) is 29.3 Å². The molecule has 2 N–H and O–H groups in total. The van der Waals surface area contributed by atoms with E-state index < -0.39 is 0 Å². The van der Waals surface area contributed by atoms with Crippen LogP contribution in [0.5, 0.6) is 0 Å². The van der Waals surface area contributed by atoms with Crippen LogP contribution in [0.25, 0.3) is 0 Å². The van der Waals surface area contributed by atoms with Gasteiger partial charge in [0.25, 0.3) is 0 Å². The van der Waals surface area contributed by atoms with Gasteiger partial charge in [0.2, 0.25) is 5.91 Å². The molecular formula is C18H27IN4O. The van der Waals surface area contributed by atoms with Gasteiger partial charge in [-0.25, -0.2) is 0 Å². The molecule has 1 heterocycles. The molecule has 0 bridgehead atoms. The zero-order valence-electron chi connectivity index (χ0n) is 14.3. The van der Waals surface area contributed by atoms with E-state index in [-0.39, 0.29) is 29.9 Å². The maximum absolute atomic E-state index is 11.7. The molecule has 1 aromatic carbocycles. The number of anilines is 1. The lowest BCUT2D eigenvalue weighted by Crippen LogP contribution is -2.40. The highest BCUT2D eigenvalue weighted by Crippen LogP contribution is 2.27. The van der Waals surface area contributed by atoms with E-state index in [1.165, 1.54) is 11.3 Å². The minimum Gasteiger partial charge on any atom is -0.356 e. The van der Waals surface area contributed by atoms with Crippen molar-refractivity contribution < 1.29 is 4.79 Å². The molecule has 1 aliphatic carbocycles. The molecule has 2 aliphatic rings. The summed E-state index contributed by atoms with van der Waals surface area (Å²) in [6, 6.07) is 8.94. The quantitative estimate of drug-likeness (QED) is 0.308. The summed E-state index contributed by atoms with van der Waals surface area (Å²) in [6.45, 7) is 4.58. The van der Waals surface area contributed by atoms with E-state index in [2.05, 4.69) is 46.7 Å². The molecule has 24 heavy (non-hydrogen) atoms. The number of carbonyl (C=O) groups excluding carboxylic acids is 1. The lowest BCUT2D eigenvalue weighted by atomic mass is 10.2. The maximum atomic E-state index is 11.7. The lowest BCUT2D eigenvalue weighted by Gasteiger charge is -2.22. The third-order valence-electron chi connectivity index (χ3n) is 4.24. The van der Waals surface area contributed by atoms with Gasteiger partial charge in [0.15, 0.2) is 5.96 Å². The Hall–Kier alpha value is -1.31. The number of nitrogens with one attached hydrogen (secondary N) is 2. The average molecular weight is 442 g/mol. The highest BCUT2D eigenvalue weighted by Gasteiger charge is 2.23. The number of nitrogens with zero attached hydrogens (tertiary/aromatic N) is 2. The Bertz CT molecular complexity index is 586. The van der Waals surface area contributed by atoms with E-state index in [1.807, 2.05) is 0 Å². The van der Waals surface area contributed by atoms with Gasteiger partial charge in [-0.15, -0.1) is 24.0 Å². The Morgan fingerprint density at radius 1 is 1.33 bits per heavy atom. The molecule has 0 atom stereocenters. The molecule has 0 radical (unpaired) electrons. The van der Waals surface area contributed by atoms with E-state index in [9.17, 15) is 4.79 Å². The van der Waals surface area contributed by atoms with E-state index in [0.29, 0.717) is 19.0 Å². The molecular weight excluding hydrogens is 415 g/mol. The molecule has 1 fully saturated rings. The molecule has 132 valence electrons. The third-order valence-corrected chi connectivity index (χ3v) is 4.24. The second kappa shape index (κ2) is 9.25. The highest BCUT2D eigenvalue weighted by atomic mass is 127. The third kappa shape index (κ3) is 5.09. The molecule has 1 amide bonds. The smallest absolute Gasteiger partial charge is 0.220 e. The minimum absolute atomic E-state index is 0. The highest BCUT2D eigenvalue weighted by molar-refractivity contribution is 14.0. The predicted molar refractivity (Wildman–Crippen MR) is 109 cm³/mol. The van der Waals surface area contributed by atoms with Gasteiger partial charge < -0.3 is 15.5 Å². The normalized spacial score (nSPS) is 16.4. The van der Waals surface area contributed by atoms with E-state index in [4.69, 9.17) is 4.99 Å². The van der Waals surface area contributed by atoms with Crippen LogP contribution in [0, 0.1) is 0 Å². The predicted octanol–water partition coefficient (Wildman–Crippen LogP) is 2.69. The molecule has 3 rings (SSSR count). The maximum Gasteiger partial charge on any atom is 0.220 e. The molecule has 0 saturated heterocycles. The summed E-state index contributed by atoms with van der Waals surface area (Å²) in [4.78, 5) is 18.7. The average Bonchev–Trinajstić information content (AvgIpc) is 3.26. The first-order chi connectivity index (χ1) is 11.3. The molecule has 0 spiro atoms. The first kappa shape index (κ1) is 19.0. The van der Waals surface area contributed by atoms with Crippen molar-refractivity contribution in [3.63, 3.8) is 0 Å². The van der Waals surface area contributed by atoms with Gasteiger partial charge in [-0.05, 0) is 44.2 Å². The van der Waals surface area contributed by atoms with Crippen LogP contribution in [-0.4, -0.2) is 37.5 Å². The summed E-state index contributed by atoms with van der Waals surface area (Å²) in [5, 5.41) is 6.39. The van der Waals surface area contributed by atoms with Crippen LogP contribution in [0.4, 0.5) is 5.69 Å². The number of amides is 1. The SMILES string of the molecule is CCNC(=NCCCC(=O)NC1CC1)N1CCc2ccccc21.I. The van der Waals surface area contributed by atoms with E-state index >= 15 is 0 Å². The standard InChI is InChI=1S/C18H26N4O.HI/c1-2-19-18(20-12-5-8-17(23)21-15-9-10-15)22-13-11-14-6-3-4-7-16(14)22;/h3-4,6-7,15H,2,5,8-13H2,1H3,(H,19,20)(H,21,23);1H. The summed E-state index contributed by atoms with van der Waals surface area (Å²) >= 11 is 0. The summed E-state index contributed by atoms with van der Waals surface area (Å²) < 4.78 is 0. The molecule has 5 nitrogen and oxygen atoms in total. The van der Waals surface area contributed by atoms with Gasteiger partial charge in [-0.2, -0.15) is 0 Å². The van der Waals surface area contributed by atoms with Crippen molar-refractivity contribution in [1.82, 2.24) is 10.6 Å². The Kier molecular flexibility index (Phi) is 7.33. The number of para-hydroxylation sites is 1. The summed E-state index contributed by atoms with van der Waals surface area (Å²) in [6.07, 6.45) is 4.70. The Morgan fingerprint density at radius 3 is 2.88 bits per heavy atom. The van der Waals surface area contributed by atoms with Gasteiger partial charge in [-0.1, -0.05) is 18.2 Å². The van der Waals surface area contributed by atoms with Crippen LogP contribution < -0.4 is 15.5 Å². The number of guanidine groups is 1. The molecule has 1 aliphatic heterocycles. The molecule has 6 heteroatoms. The van der Waals surface area contributed by atoms with Gasteiger partial charge in [0.1, 0.15) is 0 Å². The number of benzene rings is 1. The van der Waals surface area contributed by atoms with Gasteiger partial charge >= 0.3 is 0 Å². The van der Waals surface area contributed by atoms with Crippen molar-refractivity contribution in [3.8, 4) is 0 Å². The van der Waals surface area contributed by atoms with Crippen LogP contribution >= 0.6 is 24.0 Å². The van der Waals surface area contributed by atoms with Crippen molar-refractivity contribution in [2.45, 2.75) is 45.1 Å². The zero-order chi connectivity index (χ0) is 16.1. The molecule has 0 unspecified atom stereocenters. The van der Waals surface area contributed by atoms with Crippen molar-refractivity contribution in [3.05, 3.63) is 29.8 Å². The number of halogens is 1. The van der Waals surface area contributed by atoms with Crippen molar-refractivity contribution in [2.24, 2.45) is 4.99 Å². The number of fused-ring (bicyclic) bond motifs is 1. The monoisotopic (exact) mass is 442 g/mol. The Labute approximate surface area is 161 Å². The number of aliphatic imine (C=N–C) groups is 1. The fraction of sp³-hybridized carbons (Fsp3) is 0.556. The fourth-order valence-electron chi connectivity index (χ4n) is 2.91.